The normalized spacial score (nSPS) is 11.7. The third-order valence-electron chi connectivity index (χ3n) is 6.99. The van der Waals surface area contributed by atoms with Crippen molar-refractivity contribution in [1.82, 2.24) is 45.6 Å². The van der Waals surface area contributed by atoms with Crippen molar-refractivity contribution >= 4 is 23.8 Å². The van der Waals surface area contributed by atoms with Crippen molar-refractivity contribution in [3.05, 3.63) is 88.7 Å². The first-order valence-electron chi connectivity index (χ1n) is 14.2. The van der Waals surface area contributed by atoms with E-state index in [1.165, 1.54) is 19.1 Å². The molecule has 264 valence electrons. The van der Waals surface area contributed by atoms with Crippen LogP contribution in [0.2, 0.25) is 0 Å². The number of alkyl halides is 6. The molecule has 21 heteroatoms. The molecule has 5 rings (SSSR count). The van der Waals surface area contributed by atoms with Crippen molar-refractivity contribution in [2.45, 2.75) is 19.3 Å². The maximum atomic E-state index is 13.6. The van der Waals surface area contributed by atoms with Gasteiger partial charge in [0.05, 0.1) is 57.4 Å². The average Bonchev–Trinajstić information content (AvgIpc) is 3.76. The highest BCUT2D eigenvalue weighted by molar-refractivity contribution is 5.96. The predicted octanol–water partition coefficient (Wildman–Crippen LogP) is 3.88. The number of carbonyl (C=O) groups is 4. The van der Waals surface area contributed by atoms with Crippen LogP contribution >= 0.6 is 0 Å². The minimum Gasteiger partial charge on any atom is -0.478 e. The smallest absolute Gasteiger partial charge is 0.417 e. The Labute approximate surface area is 280 Å². The zero-order chi connectivity index (χ0) is 37.2. The number of aromatic carboxylic acids is 2. The fourth-order valence-electron chi connectivity index (χ4n) is 4.65. The summed E-state index contributed by atoms with van der Waals surface area (Å²) in [5.74, 6) is -4.62. The first-order valence-corrected chi connectivity index (χ1v) is 14.2. The molecule has 0 aliphatic carbocycles. The summed E-state index contributed by atoms with van der Waals surface area (Å²) in [6.07, 6.45) is -7.73. The molecule has 0 fully saturated rings. The largest absolute Gasteiger partial charge is 0.478 e. The lowest BCUT2D eigenvalue weighted by Crippen LogP contribution is -2.33. The Morgan fingerprint density at radius 3 is 1.49 bits per heavy atom. The second-order valence-electron chi connectivity index (χ2n) is 10.5. The molecular formula is C30H21F6N9O6. The Morgan fingerprint density at radius 1 is 0.667 bits per heavy atom. The fraction of sp³-hybridized carbons (Fsp3) is 0.167. The maximum Gasteiger partial charge on any atom is 0.417 e. The van der Waals surface area contributed by atoms with Gasteiger partial charge < -0.3 is 20.8 Å². The number of carboxylic acids is 2. The molecular weight excluding hydrogens is 696 g/mol. The number of amides is 2. The van der Waals surface area contributed by atoms with Gasteiger partial charge in [0.25, 0.3) is 5.91 Å². The monoisotopic (exact) mass is 717 g/mol. The average molecular weight is 718 g/mol. The van der Waals surface area contributed by atoms with Crippen LogP contribution in [0.1, 0.15) is 49.1 Å². The molecule has 0 atom stereocenters. The molecule has 2 aromatic carbocycles. The first-order chi connectivity index (χ1) is 23.9. The van der Waals surface area contributed by atoms with Gasteiger partial charge in [0.2, 0.25) is 5.91 Å². The third-order valence-corrected chi connectivity index (χ3v) is 6.99. The molecule has 0 bridgehead atoms. The Hall–Kier alpha value is -6.67. The summed E-state index contributed by atoms with van der Waals surface area (Å²) in [6, 6.07) is 7.27. The van der Waals surface area contributed by atoms with E-state index in [0.717, 1.165) is 46.0 Å². The molecule has 0 radical (unpaired) electrons. The van der Waals surface area contributed by atoms with E-state index in [9.17, 15) is 55.7 Å². The second kappa shape index (κ2) is 13.7. The number of nitrogens with one attached hydrogen (secondary N) is 2. The number of carbonyl (C=O) groups excluding carboxylic acids is 2. The van der Waals surface area contributed by atoms with E-state index >= 15 is 0 Å². The van der Waals surface area contributed by atoms with Crippen molar-refractivity contribution in [1.29, 1.82) is 0 Å². The quantitative estimate of drug-likeness (QED) is 0.120. The highest BCUT2D eigenvalue weighted by atomic mass is 19.4. The second-order valence-corrected chi connectivity index (χ2v) is 10.5. The van der Waals surface area contributed by atoms with Crippen LogP contribution in [0.15, 0.2) is 60.9 Å². The summed E-state index contributed by atoms with van der Waals surface area (Å²) in [7, 11) is 0. The molecule has 51 heavy (non-hydrogen) atoms. The van der Waals surface area contributed by atoms with Crippen LogP contribution in [-0.2, 0) is 17.1 Å². The Kier molecular flexibility index (Phi) is 9.56. The highest BCUT2D eigenvalue weighted by Gasteiger charge is 2.37. The van der Waals surface area contributed by atoms with Crippen molar-refractivity contribution in [2.75, 3.05) is 13.1 Å². The fourth-order valence-corrected chi connectivity index (χ4v) is 4.65. The number of nitrogens with zero attached hydrogens (tertiary/aromatic N) is 7. The minimum absolute atomic E-state index is 0.000474. The lowest BCUT2D eigenvalue weighted by molar-refractivity contribution is -0.138. The zero-order valence-electron chi connectivity index (χ0n) is 25.6. The minimum atomic E-state index is -5.02. The van der Waals surface area contributed by atoms with Gasteiger partial charge in [-0.3, -0.25) is 9.59 Å². The van der Waals surface area contributed by atoms with Gasteiger partial charge in [-0.1, -0.05) is 10.4 Å². The van der Waals surface area contributed by atoms with Crippen molar-refractivity contribution in [3.8, 4) is 34.2 Å². The summed E-state index contributed by atoms with van der Waals surface area (Å²) in [6.45, 7) is 1.35. The van der Waals surface area contributed by atoms with E-state index in [1.54, 1.807) is 0 Å². The predicted molar refractivity (Wildman–Crippen MR) is 160 cm³/mol. The van der Waals surface area contributed by atoms with Crippen molar-refractivity contribution in [3.63, 3.8) is 0 Å². The summed E-state index contributed by atoms with van der Waals surface area (Å²) >= 11 is 0. The summed E-state index contributed by atoms with van der Waals surface area (Å²) in [5.41, 5.74) is -5.63. The maximum absolute atomic E-state index is 13.6. The molecule has 0 spiro atoms. The van der Waals surface area contributed by atoms with Crippen LogP contribution in [0, 0.1) is 0 Å². The zero-order valence-corrected chi connectivity index (χ0v) is 25.6. The number of hydrogen-bond acceptors (Lipinski definition) is 9. The van der Waals surface area contributed by atoms with Crippen LogP contribution in [0.3, 0.4) is 0 Å². The topological polar surface area (TPSA) is 207 Å². The van der Waals surface area contributed by atoms with Gasteiger partial charge in [0, 0.05) is 25.6 Å². The van der Waals surface area contributed by atoms with Crippen molar-refractivity contribution < 1.29 is 55.7 Å². The highest BCUT2D eigenvalue weighted by Crippen LogP contribution is 2.35. The first kappa shape index (κ1) is 35.6. The van der Waals surface area contributed by atoms with Crippen LogP contribution in [0.5, 0.6) is 0 Å². The van der Waals surface area contributed by atoms with E-state index in [0.29, 0.717) is 12.1 Å². The summed E-state index contributed by atoms with van der Waals surface area (Å²) < 4.78 is 83.5. The Bertz CT molecular complexity index is 2050. The van der Waals surface area contributed by atoms with E-state index in [2.05, 4.69) is 36.2 Å². The lowest BCUT2D eigenvalue weighted by atomic mass is 10.1. The number of rotatable bonds is 10. The molecule has 0 saturated heterocycles. The van der Waals surface area contributed by atoms with Gasteiger partial charge in [0.15, 0.2) is 0 Å². The lowest BCUT2D eigenvalue weighted by Gasteiger charge is -2.12. The molecule has 3 heterocycles. The number of benzene rings is 2. The Balaban J connectivity index is 1.55. The van der Waals surface area contributed by atoms with E-state index in [4.69, 9.17) is 0 Å². The molecule has 4 N–H and O–H groups in total. The molecule has 15 nitrogen and oxygen atoms in total. The van der Waals surface area contributed by atoms with Gasteiger partial charge in [-0.25, -0.2) is 23.9 Å². The van der Waals surface area contributed by atoms with Crippen molar-refractivity contribution in [2.24, 2.45) is 0 Å². The summed E-state index contributed by atoms with van der Waals surface area (Å²) in [4.78, 5) is 51.4. The van der Waals surface area contributed by atoms with Gasteiger partial charge in [-0.2, -0.15) is 26.3 Å². The van der Waals surface area contributed by atoms with Crippen LogP contribution in [0.4, 0.5) is 26.3 Å². The number of pyridine rings is 1. The molecule has 3 aromatic heterocycles. The number of hydrogen-bond donors (Lipinski definition) is 4. The van der Waals surface area contributed by atoms with E-state index in [-0.39, 0.29) is 58.7 Å². The van der Waals surface area contributed by atoms with Gasteiger partial charge >= 0.3 is 24.3 Å². The molecule has 0 saturated carbocycles. The number of carboxylic acid groups (broad SMARTS) is 2. The van der Waals surface area contributed by atoms with Crippen LogP contribution in [0.25, 0.3) is 34.2 Å². The van der Waals surface area contributed by atoms with Gasteiger partial charge in [-0.05, 0) is 48.5 Å². The standard InChI is InChI=1S/C30H21F6N9O6/c1-14(46)37-6-7-38-26(47)15-8-22(24-12-44(42-40-24)16-2-4-18(27(48)49)20(10-16)29(31,32)33)39-23(9-15)25-13-45(43-41-25)17-3-5-19(28(50)51)21(11-17)30(34,35)36/h2-5,8-13H,6-7H2,1H3,(H,37,46)(H,38,47)(H,48,49)(H,50,51). The number of halogens is 6. The molecule has 0 aliphatic rings. The van der Waals surface area contributed by atoms with E-state index in [1.807, 2.05) is 0 Å². The number of aromatic nitrogens is 7. The van der Waals surface area contributed by atoms with Crippen LogP contribution < -0.4 is 10.6 Å². The van der Waals surface area contributed by atoms with Gasteiger partial charge in [0.1, 0.15) is 11.4 Å². The third kappa shape index (κ3) is 7.98. The van der Waals surface area contributed by atoms with E-state index < -0.39 is 52.5 Å². The van der Waals surface area contributed by atoms with Crippen LogP contribution in [-0.4, -0.2) is 82.0 Å². The summed E-state index contributed by atoms with van der Waals surface area (Å²) in [5, 5.41) is 38.9. The molecule has 0 unspecified atom stereocenters. The van der Waals surface area contributed by atoms with Gasteiger partial charge in [-0.15, -0.1) is 10.2 Å². The molecule has 2 amide bonds. The Morgan fingerprint density at radius 2 is 1.10 bits per heavy atom. The SMILES string of the molecule is CC(=O)NCCNC(=O)c1cc(-c2cn(-c3ccc(C(=O)O)c(C(F)(F)F)c3)nn2)nc(-c2cn(-c3ccc(C(=O)O)c(C(F)(F)F)c3)nn2)c1. The molecule has 5 aromatic rings. The molecule has 0 aliphatic heterocycles.